The second kappa shape index (κ2) is 13.5. The number of hydrogen-bond donors (Lipinski definition) is 0. The summed E-state index contributed by atoms with van der Waals surface area (Å²) in [6.45, 7) is 7.16. The predicted molar refractivity (Wildman–Crippen MR) is 244 cm³/mol. The Morgan fingerprint density at radius 1 is 0.561 bits per heavy atom. The summed E-state index contributed by atoms with van der Waals surface area (Å²) in [6, 6.07) is 60.0. The van der Waals surface area contributed by atoms with Crippen molar-refractivity contribution in [2.75, 3.05) is 0 Å². The number of aromatic nitrogens is 2. The third-order valence-corrected chi connectivity index (χ3v) is 14.5. The Bertz CT molecular complexity index is 3030. The molecule has 0 bridgehead atoms. The fraction of sp³-hybridized carbons (Fsp3) is 0.148. The van der Waals surface area contributed by atoms with Crippen molar-refractivity contribution in [3.05, 3.63) is 192 Å². The van der Waals surface area contributed by atoms with Gasteiger partial charge in [0.2, 0.25) is 0 Å². The van der Waals surface area contributed by atoms with E-state index in [0.717, 1.165) is 19.3 Å². The molecular weight excluding hydrogens is 705 g/mol. The molecule has 2 heterocycles. The highest BCUT2D eigenvalue weighted by Crippen LogP contribution is 2.47. The highest BCUT2D eigenvalue weighted by molar-refractivity contribution is 6.70. The average Bonchev–Trinajstić information content (AvgIpc) is 3.74. The van der Waals surface area contributed by atoms with Gasteiger partial charge in [0.05, 0.1) is 34.8 Å². The van der Waals surface area contributed by atoms with Crippen molar-refractivity contribution in [3.8, 4) is 33.6 Å². The second-order valence-electron chi connectivity index (χ2n) is 16.4. The maximum Gasteiger partial charge on any atom is 0.345 e. The topological polar surface area (TPSA) is 9.86 Å². The minimum absolute atomic E-state index is 0.349. The van der Waals surface area contributed by atoms with Gasteiger partial charge < -0.3 is 9.13 Å². The van der Waals surface area contributed by atoms with E-state index in [0.29, 0.717) is 11.8 Å². The molecule has 0 amide bonds. The molecule has 2 nitrogen and oxygen atoms in total. The average molecular weight is 750 g/mol. The molecule has 2 aliphatic carbocycles. The van der Waals surface area contributed by atoms with Crippen LogP contribution in [0.5, 0.6) is 0 Å². The van der Waals surface area contributed by atoms with Gasteiger partial charge in [0.25, 0.3) is 0 Å². The van der Waals surface area contributed by atoms with Crippen molar-refractivity contribution in [2.45, 2.75) is 51.1 Å². The standard InChI is InChI=1S/C54H45N2Si/c1-35-43-30-22-37(38-23-31-54-50(33-38)47-16-8-11-19-53(47)56(54)41-26-28-42(29-27-41)57(2)3)32-49(43)44-13-5-4-12-39(44)34-48(35)36-20-24-40(25-21-36)55-51-17-9-6-14-45(51)46-15-7-10-18-52(46)55/h4-9,11-17,19-33,35,48H,10,18,34H2,1-3H3/q+1/t35?,48-/m1/s1. The van der Waals surface area contributed by atoms with Gasteiger partial charge in [0.15, 0.2) is 0 Å². The molecule has 0 saturated heterocycles. The fourth-order valence-electron chi connectivity index (χ4n) is 10.1. The van der Waals surface area contributed by atoms with Crippen LogP contribution >= 0.6 is 0 Å². The van der Waals surface area contributed by atoms with Crippen LogP contribution in [-0.4, -0.2) is 17.9 Å². The summed E-state index contributed by atoms with van der Waals surface area (Å²) in [5, 5.41) is 5.39. The van der Waals surface area contributed by atoms with E-state index >= 15 is 0 Å². The highest BCUT2D eigenvalue weighted by atomic mass is 28.3. The number of benzene rings is 7. The molecule has 2 aliphatic rings. The zero-order chi connectivity index (χ0) is 38.2. The Morgan fingerprint density at radius 2 is 1.21 bits per heavy atom. The van der Waals surface area contributed by atoms with Crippen molar-refractivity contribution < 1.29 is 0 Å². The van der Waals surface area contributed by atoms with E-state index in [4.69, 9.17) is 0 Å². The lowest BCUT2D eigenvalue weighted by Crippen LogP contribution is -2.21. The third-order valence-electron chi connectivity index (χ3n) is 13.0. The molecule has 0 spiro atoms. The van der Waals surface area contributed by atoms with Gasteiger partial charge in [-0.2, -0.15) is 0 Å². The van der Waals surface area contributed by atoms with E-state index in [1.807, 2.05) is 0 Å². The van der Waals surface area contributed by atoms with Crippen LogP contribution in [0.2, 0.25) is 13.1 Å². The molecule has 0 aliphatic heterocycles. The molecule has 0 N–H and O–H groups in total. The van der Waals surface area contributed by atoms with Crippen molar-refractivity contribution in [1.29, 1.82) is 0 Å². The van der Waals surface area contributed by atoms with Crippen LogP contribution < -0.4 is 5.19 Å². The van der Waals surface area contributed by atoms with E-state index in [1.54, 1.807) is 0 Å². The molecule has 0 fully saturated rings. The molecular formula is C54H45N2Si+. The molecule has 0 radical (unpaired) electrons. The quantitative estimate of drug-likeness (QED) is 0.155. The smallest absolute Gasteiger partial charge is 0.313 e. The molecule has 1 unspecified atom stereocenters. The molecule has 3 heteroatoms. The van der Waals surface area contributed by atoms with Gasteiger partial charge in [-0.1, -0.05) is 110 Å². The van der Waals surface area contributed by atoms with E-state index in [2.05, 4.69) is 199 Å². The molecule has 274 valence electrons. The monoisotopic (exact) mass is 749 g/mol. The lowest BCUT2D eigenvalue weighted by Gasteiger charge is -2.25. The first kappa shape index (κ1) is 34.1. The van der Waals surface area contributed by atoms with Crippen molar-refractivity contribution in [1.82, 2.24) is 9.13 Å². The Kier molecular flexibility index (Phi) is 8.08. The predicted octanol–water partition coefficient (Wildman–Crippen LogP) is 13.4. The Hall–Kier alpha value is -6.16. The number of hydrogen-bond acceptors (Lipinski definition) is 0. The minimum atomic E-state index is -0.495. The minimum Gasteiger partial charge on any atom is -0.313 e. The molecule has 11 rings (SSSR count). The van der Waals surface area contributed by atoms with E-state index in [1.165, 1.54) is 99.5 Å². The maximum atomic E-state index is 2.50. The normalized spacial score (nSPS) is 16.1. The molecule has 2 aromatic heterocycles. The summed E-state index contributed by atoms with van der Waals surface area (Å²) in [5.74, 6) is 0.714. The molecule has 7 aromatic carbocycles. The number of fused-ring (bicyclic) bond motifs is 9. The van der Waals surface area contributed by atoms with Crippen LogP contribution in [0.25, 0.3) is 72.4 Å². The van der Waals surface area contributed by atoms with Crippen LogP contribution in [0, 0.1) is 0 Å². The Labute approximate surface area is 337 Å². The first-order valence-corrected chi connectivity index (χ1v) is 23.1. The first-order chi connectivity index (χ1) is 28.0. The van der Waals surface area contributed by atoms with Crippen LogP contribution in [0.15, 0.2) is 164 Å². The second-order valence-corrected chi connectivity index (χ2v) is 19.0. The van der Waals surface area contributed by atoms with Crippen LogP contribution in [0.3, 0.4) is 0 Å². The van der Waals surface area contributed by atoms with Gasteiger partial charge in [0, 0.05) is 38.8 Å². The van der Waals surface area contributed by atoms with Gasteiger partial charge in [-0.25, -0.2) is 0 Å². The lowest BCUT2D eigenvalue weighted by molar-refractivity contribution is 0.579. The SMILES string of the molecule is CC1c2ccc(-c3ccc4c(c3)c3ccccc3n4-c3ccc([Si+](C)C)cc3)cc2-c2ccccc2C[C@H]1c1ccc(-n2c3c(c4ccccc42)C=CCC3)cc1. The van der Waals surface area contributed by atoms with Gasteiger partial charge in [-0.05, 0) is 137 Å². The zero-order valence-corrected chi connectivity index (χ0v) is 33.8. The van der Waals surface area contributed by atoms with Crippen molar-refractivity contribution >= 4 is 52.8 Å². The number of allylic oxidation sites excluding steroid dienone is 1. The van der Waals surface area contributed by atoms with Gasteiger partial charge >= 0.3 is 8.80 Å². The third kappa shape index (κ3) is 5.51. The summed E-state index contributed by atoms with van der Waals surface area (Å²) in [5.41, 5.74) is 18.6. The summed E-state index contributed by atoms with van der Waals surface area (Å²) in [4.78, 5) is 0. The van der Waals surface area contributed by atoms with Gasteiger partial charge in [-0.3, -0.25) is 0 Å². The largest absolute Gasteiger partial charge is 0.345 e. The summed E-state index contributed by atoms with van der Waals surface area (Å²) < 4.78 is 4.93. The molecule has 2 atom stereocenters. The van der Waals surface area contributed by atoms with Gasteiger partial charge in [0.1, 0.15) is 0 Å². The van der Waals surface area contributed by atoms with Crippen LogP contribution in [-0.2, 0) is 12.8 Å². The van der Waals surface area contributed by atoms with Gasteiger partial charge in [-0.15, -0.1) is 0 Å². The maximum absolute atomic E-state index is 2.50. The Balaban J connectivity index is 0.978. The first-order valence-electron chi connectivity index (χ1n) is 20.6. The molecule has 57 heavy (non-hydrogen) atoms. The fourth-order valence-corrected chi connectivity index (χ4v) is 10.9. The lowest BCUT2D eigenvalue weighted by atomic mass is 9.80. The number of nitrogens with zero attached hydrogens (tertiary/aromatic N) is 2. The molecule has 0 saturated carbocycles. The van der Waals surface area contributed by atoms with Crippen molar-refractivity contribution in [3.63, 3.8) is 0 Å². The van der Waals surface area contributed by atoms with Crippen LogP contribution in [0.4, 0.5) is 0 Å². The summed E-state index contributed by atoms with van der Waals surface area (Å²) in [7, 11) is -0.495. The number of para-hydroxylation sites is 2. The Morgan fingerprint density at radius 3 is 2.02 bits per heavy atom. The highest BCUT2D eigenvalue weighted by Gasteiger charge is 2.29. The van der Waals surface area contributed by atoms with E-state index in [-0.39, 0.29) is 0 Å². The zero-order valence-electron chi connectivity index (χ0n) is 32.8. The number of rotatable bonds is 5. The summed E-state index contributed by atoms with van der Waals surface area (Å²) in [6.07, 6.45) is 7.82. The van der Waals surface area contributed by atoms with E-state index in [9.17, 15) is 0 Å². The van der Waals surface area contributed by atoms with Crippen LogP contribution in [0.1, 0.15) is 53.1 Å². The van der Waals surface area contributed by atoms with Crippen molar-refractivity contribution in [2.24, 2.45) is 0 Å². The molecule has 9 aromatic rings. The summed E-state index contributed by atoms with van der Waals surface area (Å²) >= 11 is 0. The van der Waals surface area contributed by atoms with E-state index < -0.39 is 8.80 Å².